The number of aromatic carboxylic acids is 1. The van der Waals surface area contributed by atoms with E-state index in [1.165, 1.54) is 19.3 Å². The van der Waals surface area contributed by atoms with Crippen molar-refractivity contribution in [3.05, 3.63) is 16.8 Å². The van der Waals surface area contributed by atoms with Crippen LogP contribution in [0.25, 0.3) is 0 Å². The molecule has 2 atom stereocenters. The second-order valence-corrected chi connectivity index (χ2v) is 5.77. The number of carbonyl (C=O) groups is 1. The first kappa shape index (κ1) is 12.4. The Morgan fingerprint density at radius 3 is 2.42 bits per heavy atom. The van der Waals surface area contributed by atoms with Gasteiger partial charge in [-0.3, -0.25) is 0 Å². The molecule has 5 nitrogen and oxygen atoms in total. The van der Waals surface area contributed by atoms with E-state index in [-0.39, 0.29) is 0 Å². The van der Waals surface area contributed by atoms with E-state index in [1.54, 1.807) is 6.92 Å². The van der Waals surface area contributed by atoms with Crippen LogP contribution in [0.3, 0.4) is 0 Å². The molecule has 1 N–H and O–H groups in total. The summed E-state index contributed by atoms with van der Waals surface area (Å²) in [7, 11) is 0. The summed E-state index contributed by atoms with van der Waals surface area (Å²) in [6, 6.07) is 0. The standard InChI is InChI=1S/C14H19N3O2/c1-8-9(2)15-16-13(12(8)14(18)19)17-6-10-4-3-5-11(10)7-17/h10-11H,3-7H2,1-2H3,(H,18,19). The lowest BCUT2D eigenvalue weighted by molar-refractivity contribution is 0.0696. The summed E-state index contributed by atoms with van der Waals surface area (Å²) in [4.78, 5) is 13.6. The lowest BCUT2D eigenvalue weighted by atomic mass is 10.0. The Labute approximate surface area is 112 Å². The molecule has 1 aliphatic heterocycles. The van der Waals surface area contributed by atoms with Crippen molar-refractivity contribution in [2.24, 2.45) is 11.8 Å². The van der Waals surface area contributed by atoms with Gasteiger partial charge in [-0.2, -0.15) is 5.10 Å². The zero-order valence-corrected chi connectivity index (χ0v) is 11.4. The molecule has 0 radical (unpaired) electrons. The third-order valence-electron chi connectivity index (χ3n) is 4.68. The van der Waals surface area contributed by atoms with Crippen LogP contribution in [0.1, 0.15) is 40.9 Å². The molecule has 1 aromatic rings. The third kappa shape index (κ3) is 1.97. The van der Waals surface area contributed by atoms with E-state index >= 15 is 0 Å². The van der Waals surface area contributed by atoms with Crippen molar-refractivity contribution in [2.45, 2.75) is 33.1 Å². The molecule has 0 amide bonds. The van der Waals surface area contributed by atoms with Gasteiger partial charge in [0, 0.05) is 13.1 Å². The fourth-order valence-corrected chi connectivity index (χ4v) is 3.48. The monoisotopic (exact) mass is 261 g/mol. The predicted octanol–water partition coefficient (Wildman–Crippen LogP) is 2.03. The highest BCUT2D eigenvalue weighted by Crippen LogP contribution is 2.40. The molecule has 2 unspecified atom stereocenters. The molecule has 2 heterocycles. The van der Waals surface area contributed by atoms with E-state index in [4.69, 9.17) is 0 Å². The zero-order chi connectivity index (χ0) is 13.6. The fraction of sp³-hybridized carbons (Fsp3) is 0.643. The lowest BCUT2D eigenvalue weighted by Crippen LogP contribution is -2.26. The number of fused-ring (bicyclic) bond motifs is 1. The van der Waals surface area contributed by atoms with Crippen LogP contribution in [0, 0.1) is 25.7 Å². The van der Waals surface area contributed by atoms with Crippen LogP contribution < -0.4 is 4.90 Å². The normalized spacial score (nSPS) is 25.7. The summed E-state index contributed by atoms with van der Waals surface area (Å²) in [6.07, 6.45) is 3.84. The van der Waals surface area contributed by atoms with Gasteiger partial charge >= 0.3 is 5.97 Å². The molecule has 1 saturated heterocycles. The van der Waals surface area contributed by atoms with Crippen molar-refractivity contribution in [3.8, 4) is 0 Å². The molecule has 0 spiro atoms. The molecule has 1 aliphatic carbocycles. The quantitative estimate of drug-likeness (QED) is 0.882. The minimum Gasteiger partial charge on any atom is -0.478 e. The maximum atomic E-state index is 11.5. The molecule has 2 aliphatic rings. The molecule has 1 aromatic heterocycles. The third-order valence-corrected chi connectivity index (χ3v) is 4.68. The molecule has 19 heavy (non-hydrogen) atoms. The topological polar surface area (TPSA) is 66.3 Å². The van der Waals surface area contributed by atoms with Crippen molar-refractivity contribution < 1.29 is 9.90 Å². The Hall–Kier alpha value is -1.65. The van der Waals surface area contributed by atoms with Crippen LogP contribution in [0.15, 0.2) is 0 Å². The molecule has 1 saturated carbocycles. The molecule has 102 valence electrons. The van der Waals surface area contributed by atoms with Crippen molar-refractivity contribution >= 4 is 11.8 Å². The number of hydrogen-bond donors (Lipinski definition) is 1. The Bertz CT molecular complexity index is 518. The van der Waals surface area contributed by atoms with Crippen molar-refractivity contribution in [1.82, 2.24) is 10.2 Å². The van der Waals surface area contributed by atoms with Crippen LogP contribution in [0.2, 0.25) is 0 Å². The summed E-state index contributed by atoms with van der Waals surface area (Å²) in [6.45, 7) is 5.48. The van der Waals surface area contributed by atoms with Crippen molar-refractivity contribution in [1.29, 1.82) is 0 Å². The van der Waals surface area contributed by atoms with Gasteiger partial charge in [0.25, 0.3) is 0 Å². The van der Waals surface area contributed by atoms with Gasteiger partial charge < -0.3 is 10.0 Å². The van der Waals surface area contributed by atoms with Gasteiger partial charge in [0.1, 0.15) is 5.56 Å². The van der Waals surface area contributed by atoms with E-state index < -0.39 is 5.97 Å². The van der Waals surface area contributed by atoms with Crippen LogP contribution in [0.4, 0.5) is 5.82 Å². The number of hydrogen-bond acceptors (Lipinski definition) is 4. The number of nitrogens with zero attached hydrogens (tertiary/aromatic N) is 3. The van der Waals surface area contributed by atoms with Gasteiger partial charge in [-0.05, 0) is 44.1 Å². The maximum absolute atomic E-state index is 11.5. The largest absolute Gasteiger partial charge is 0.478 e. The first-order valence-corrected chi connectivity index (χ1v) is 6.90. The molecule has 3 rings (SSSR count). The van der Waals surface area contributed by atoms with E-state index in [1.807, 2.05) is 6.92 Å². The highest BCUT2D eigenvalue weighted by Gasteiger charge is 2.38. The van der Waals surface area contributed by atoms with E-state index in [2.05, 4.69) is 15.1 Å². The van der Waals surface area contributed by atoms with Gasteiger partial charge in [-0.1, -0.05) is 6.42 Å². The summed E-state index contributed by atoms with van der Waals surface area (Å²) in [5, 5.41) is 17.7. The molecular formula is C14H19N3O2. The number of aryl methyl sites for hydroxylation is 1. The Kier molecular flexibility index (Phi) is 2.92. The number of aromatic nitrogens is 2. The SMILES string of the molecule is Cc1nnc(N2CC3CCCC3C2)c(C(=O)O)c1C. The average molecular weight is 261 g/mol. The zero-order valence-electron chi connectivity index (χ0n) is 11.4. The smallest absolute Gasteiger partial charge is 0.339 e. The first-order valence-electron chi connectivity index (χ1n) is 6.90. The van der Waals surface area contributed by atoms with Crippen molar-refractivity contribution in [3.63, 3.8) is 0 Å². The van der Waals surface area contributed by atoms with Gasteiger partial charge in [0.15, 0.2) is 5.82 Å². The molecule has 0 bridgehead atoms. The molecule has 0 aromatic carbocycles. The van der Waals surface area contributed by atoms with Crippen molar-refractivity contribution in [2.75, 3.05) is 18.0 Å². The molecular weight excluding hydrogens is 242 g/mol. The van der Waals surface area contributed by atoms with Gasteiger partial charge in [0.05, 0.1) is 5.69 Å². The van der Waals surface area contributed by atoms with E-state index in [0.717, 1.165) is 18.7 Å². The molecule has 5 heteroatoms. The Morgan fingerprint density at radius 2 is 1.84 bits per heavy atom. The number of carboxylic acid groups (broad SMARTS) is 1. The highest BCUT2D eigenvalue weighted by molar-refractivity contribution is 5.95. The van der Waals surface area contributed by atoms with Crippen LogP contribution in [0.5, 0.6) is 0 Å². The number of carboxylic acids is 1. The average Bonchev–Trinajstić information content (AvgIpc) is 2.92. The van der Waals surface area contributed by atoms with Gasteiger partial charge in [0.2, 0.25) is 0 Å². The lowest BCUT2D eigenvalue weighted by Gasteiger charge is -2.21. The number of rotatable bonds is 2. The highest BCUT2D eigenvalue weighted by atomic mass is 16.4. The summed E-state index contributed by atoms with van der Waals surface area (Å²) in [5.74, 6) is 1.09. The fourth-order valence-electron chi connectivity index (χ4n) is 3.48. The Morgan fingerprint density at radius 1 is 1.21 bits per heavy atom. The Balaban J connectivity index is 1.97. The van der Waals surface area contributed by atoms with E-state index in [9.17, 15) is 9.90 Å². The predicted molar refractivity (Wildman–Crippen MR) is 71.5 cm³/mol. The minimum atomic E-state index is -0.900. The second-order valence-electron chi connectivity index (χ2n) is 5.77. The maximum Gasteiger partial charge on any atom is 0.339 e. The van der Waals surface area contributed by atoms with Crippen LogP contribution >= 0.6 is 0 Å². The number of anilines is 1. The van der Waals surface area contributed by atoms with E-state index in [0.29, 0.717) is 28.9 Å². The first-order chi connectivity index (χ1) is 9.08. The van der Waals surface area contributed by atoms with Gasteiger partial charge in [-0.25, -0.2) is 4.79 Å². The van der Waals surface area contributed by atoms with Crippen LogP contribution in [-0.4, -0.2) is 34.4 Å². The summed E-state index contributed by atoms with van der Waals surface area (Å²) >= 11 is 0. The van der Waals surface area contributed by atoms with Crippen LogP contribution in [-0.2, 0) is 0 Å². The summed E-state index contributed by atoms with van der Waals surface area (Å²) in [5.41, 5.74) is 1.75. The molecule has 2 fully saturated rings. The minimum absolute atomic E-state index is 0.326. The summed E-state index contributed by atoms with van der Waals surface area (Å²) < 4.78 is 0. The second kappa shape index (κ2) is 4.47. The van der Waals surface area contributed by atoms with Gasteiger partial charge in [-0.15, -0.1) is 5.10 Å².